The van der Waals surface area contributed by atoms with Gasteiger partial charge in [0.15, 0.2) is 0 Å². The number of anilines is 1. The molecule has 2 aromatic rings. The van der Waals surface area contributed by atoms with Crippen molar-refractivity contribution in [2.75, 3.05) is 32.8 Å². The van der Waals surface area contributed by atoms with Crippen LogP contribution in [0.1, 0.15) is 33.8 Å². The van der Waals surface area contributed by atoms with Gasteiger partial charge in [0, 0.05) is 18.9 Å². The number of rotatable bonds is 7. The van der Waals surface area contributed by atoms with Crippen molar-refractivity contribution in [3.05, 3.63) is 83.6 Å². The second-order valence-corrected chi connectivity index (χ2v) is 9.30. The third kappa shape index (κ3) is 5.69. The van der Waals surface area contributed by atoms with E-state index in [1.165, 1.54) is 6.07 Å². The Hall–Kier alpha value is -3.10. The fourth-order valence-electron chi connectivity index (χ4n) is 3.82. The van der Waals surface area contributed by atoms with Crippen molar-refractivity contribution in [1.29, 1.82) is 0 Å². The fraction of sp³-hybridized carbons (Fsp3) is 0.308. The van der Waals surface area contributed by atoms with Gasteiger partial charge in [-0.3, -0.25) is 20.3 Å². The zero-order chi connectivity index (χ0) is 23.4. The zero-order valence-electron chi connectivity index (χ0n) is 19.1. The van der Waals surface area contributed by atoms with Crippen molar-refractivity contribution in [3.63, 3.8) is 0 Å². The van der Waals surface area contributed by atoms with Crippen molar-refractivity contribution in [2.45, 2.75) is 26.8 Å². The van der Waals surface area contributed by atoms with Crippen LogP contribution in [0, 0.1) is 5.82 Å². The summed E-state index contributed by atoms with van der Waals surface area (Å²) in [6.07, 6.45) is 3.69. The van der Waals surface area contributed by atoms with Gasteiger partial charge in [-0.1, -0.05) is 49.5 Å². The molecule has 0 spiro atoms. The zero-order valence-corrected chi connectivity index (χ0v) is 19.9. The monoisotopic (exact) mass is 484 g/mol. The van der Waals surface area contributed by atoms with Gasteiger partial charge in [-0.2, -0.15) is 0 Å². The van der Waals surface area contributed by atoms with Crippen LogP contribution in [0.5, 0.6) is 0 Å². The number of aliphatic imine (C=N–C) groups is 2. The minimum atomic E-state index is -0.834. The molecule has 6 nitrogen and oxygen atoms in total. The van der Waals surface area contributed by atoms with Crippen molar-refractivity contribution >= 4 is 33.1 Å². The molecule has 34 heavy (non-hydrogen) atoms. The Morgan fingerprint density at radius 1 is 1.24 bits per heavy atom. The molecule has 0 aliphatic carbocycles. The van der Waals surface area contributed by atoms with E-state index >= 15 is 0 Å². The average molecular weight is 485 g/mol. The predicted molar refractivity (Wildman–Crippen MR) is 142 cm³/mol. The number of nitrogens with zero attached hydrogens (tertiary/aromatic N) is 3. The highest BCUT2D eigenvalue weighted by molar-refractivity contribution is 8.21. The summed E-state index contributed by atoms with van der Waals surface area (Å²) in [5.41, 5.74) is 5.14. The second kappa shape index (κ2) is 10.9. The summed E-state index contributed by atoms with van der Waals surface area (Å²) >= 11 is 1.60. The molecule has 0 saturated carbocycles. The van der Waals surface area contributed by atoms with Crippen LogP contribution in [0.2, 0.25) is 0 Å². The molecule has 2 aliphatic heterocycles. The fourth-order valence-corrected chi connectivity index (χ4v) is 4.91. The summed E-state index contributed by atoms with van der Waals surface area (Å²) in [6.45, 7) is 4.77. The normalized spacial score (nSPS) is 19.9. The van der Waals surface area contributed by atoms with Crippen molar-refractivity contribution in [3.8, 4) is 0 Å². The first-order chi connectivity index (χ1) is 15.9. The van der Waals surface area contributed by atoms with Gasteiger partial charge in [0.25, 0.3) is 0 Å². The van der Waals surface area contributed by atoms with E-state index in [-0.39, 0.29) is 21.3 Å². The highest BCUT2D eigenvalue weighted by Gasteiger charge is 2.31. The molecule has 0 saturated heterocycles. The molecule has 0 bridgehead atoms. The van der Waals surface area contributed by atoms with Gasteiger partial charge in [-0.15, -0.1) is 0 Å². The lowest BCUT2D eigenvalue weighted by molar-refractivity contribution is 0.178. The summed E-state index contributed by atoms with van der Waals surface area (Å²) in [6, 6.07) is 14.9. The van der Waals surface area contributed by atoms with Crippen LogP contribution < -0.4 is 5.48 Å². The van der Waals surface area contributed by atoms with E-state index in [9.17, 15) is 4.39 Å². The molecule has 0 aromatic heterocycles. The van der Waals surface area contributed by atoms with E-state index < -0.39 is 5.54 Å². The van der Waals surface area contributed by atoms with Gasteiger partial charge >= 0.3 is 0 Å². The molecule has 4 rings (SSSR count). The molecule has 0 amide bonds. The van der Waals surface area contributed by atoms with Crippen molar-refractivity contribution < 1.29 is 15.4 Å². The highest BCUT2D eigenvalue weighted by Crippen LogP contribution is 2.42. The van der Waals surface area contributed by atoms with E-state index in [1.807, 2.05) is 50.1 Å². The average Bonchev–Trinajstić information content (AvgIpc) is 2.80. The molecular formula is C26H33FN4O2S. The molecule has 2 aromatic carbocycles. The topological polar surface area (TPSA) is 58.5 Å². The van der Waals surface area contributed by atoms with Gasteiger partial charge in [0.1, 0.15) is 18.0 Å². The maximum Gasteiger partial charge on any atom is 0.208 e. The molecule has 0 fully saturated rings. The van der Waals surface area contributed by atoms with Crippen LogP contribution in [0.3, 0.4) is 0 Å². The number of thioether (sulfide) groups is 1. The standard InChI is InChI=1S/C25H27FN4O2S.CH4.H2/c1-17-28-25(2,13-23(33-17)18-8-6-5-7-9-18)21-12-19(10-11-22(21)26)29-32-16-20-15-30(3)24(31-4)14-27-20;;/h5-14,29H,15-16H2,1-4H3;1H4;1H. The third-order valence-electron chi connectivity index (χ3n) is 5.42. The van der Waals surface area contributed by atoms with Gasteiger partial charge in [0.05, 0.1) is 36.3 Å². The molecule has 2 heterocycles. The van der Waals surface area contributed by atoms with E-state index in [4.69, 9.17) is 14.6 Å². The van der Waals surface area contributed by atoms with Gasteiger partial charge < -0.3 is 9.64 Å². The van der Waals surface area contributed by atoms with Gasteiger partial charge in [-0.05, 0) is 43.7 Å². The van der Waals surface area contributed by atoms with Crippen LogP contribution in [0.15, 0.2) is 76.7 Å². The van der Waals surface area contributed by atoms with Crippen molar-refractivity contribution in [2.24, 2.45) is 9.98 Å². The molecule has 1 atom stereocenters. The lowest BCUT2D eigenvalue weighted by Gasteiger charge is -2.29. The third-order valence-corrected chi connectivity index (χ3v) is 6.38. The van der Waals surface area contributed by atoms with Gasteiger partial charge in [0.2, 0.25) is 5.88 Å². The largest absolute Gasteiger partial charge is 0.481 e. The molecular weight excluding hydrogens is 451 g/mol. The van der Waals surface area contributed by atoms with Crippen LogP contribution in [-0.4, -0.2) is 43.0 Å². The molecule has 182 valence electrons. The maximum atomic E-state index is 15.0. The van der Waals surface area contributed by atoms with E-state index in [0.717, 1.165) is 21.2 Å². The number of hydrogen-bond donors (Lipinski definition) is 1. The number of halogens is 1. The second-order valence-electron chi connectivity index (χ2n) is 8.06. The summed E-state index contributed by atoms with van der Waals surface area (Å²) in [7, 11) is 3.54. The smallest absolute Gasteiger partial charge is 0.208 e. The number of hydrogen-bond acceptors (Lipinski definition) is 7. The first-order valence-corrected chi connectivity index (χ1v) is 11.4. The predicted octanol–water partition coefficient (Wildman–Crippen LogP) is 6.30. The SMILES string of the molecule is C.COC1=CN=C(CONc2ccc(F)c(C3(C)C=C(c4ccccc4)SC(C)=N3)c2)CN1C.[HH]. The van der Waals surface area contributed by atoms with Crippen LogP contribution in [0.25, 0.3) is 4.91 Å². The van der Waals surface area contributed by atoms with E-state index in [0.29, 0.717) is 23.7 Å². The number of ether oxygens (including phenoxy) is 1. The van der Waals surface area contributed by atoms with Crippen LogP contribution in [-0.2, 0) is 15.1 Å². The maximum absolute atomic E-state index is 15.0. The Bertz CT molecular complexity index is 1150. The molecule has 8 heteroatoms. The molecule has 2 aliphatic rings. The highest BCUT2D eigenvalue weighted by atomic mass is 32.2. The first kappa shape index (κ1) is 25.5. The minimum Gasteiger partial charge on any atom is -0.481 e. The summed E-state index contributed by atoms with van der Waals surface area (Å²) in [5, 5.41) is 0.885. The lowest BCUT2D eigenvalue weighted by Crippen LogP contribution is -2.32. The lowest BCUT2D eigenvalue weighted by atomic mass is 9.90. The molecule has 0 radical (unpaired) electrons. The molecule has 1 unspecified atom stereocenters. The number of nitrogens with one attached hydrogen (secondary N) is 1. The van der Waals surface area contributed by atoms with E-state index in [1.54, 1.807) is 37.2 Å². The van der Waals surface area contributed by atoms with Gasteiger partial charge in [-0.25, -0.2) is 4.39 Å². The quantitative estimate of drug-likeness (QED) is 0.467. The summed E-state index contributed by atoms with van der Waals surface area (Å²) in [4.78, 5) is 17.8. The van der Waals surface area contributed by atoms with E-state index in [2.05, 4.69) is 22.6 Å². The summed E-state index contributed by atoms with van der Waals surface area (Å²) in [5.74, 6) is 0.387. The Morgan fingerprint density at radius 3 is 2.71 bits per heavy atom. The Balaban J connectivity index is 0.00000216. The van der Waals surface area contributed by atoms with Crippen LogP contribution in [0.4, 0.5) is 10.1 Å². The number of methoxy groups -OCH3 is 1. The number of benzene rings is 2. The first-order valence-electron chi connectivity index (χ1n) is 10.6. The Kier molecular flexibility index (Phi) is 8.17. The van der Waals surface area contributed by atoms with Crippen LogP contribution >= 0.6 is 11.8 Å². The Labute approximate surface area is 206 Å². The minimum absolute atomic E-state index is 0. The molecule has 1 N–H and O–H groups in total. The van der Waals surface area contributed by atoms with Crippen molar-refractivity contribution in [1.82, 2.24) is 4.90 Å². The Morgan fingerprint density at radius 2 is 2.00 bits per heavy atom. The summed E-state index contributed by atoms with van der Waals surface area (Å²) < 4.78 is 20.2.